The van der Waals surface area contributed by atoms with E-state index in [4.69, 9.17) is 4.74 Å². The number of para-hydroxylation sites is 1. The van der Waals surface area contributed by atoms with E-state index < -0.39 is 0 Å². The van der Waals surface area contributed by atoms with E-state index in [2.05, 4.69) is 10.00 Å². The molecule has 0 unspecified atom stereocenters. The molecule has 3 rings (SSSR count). The van der Waals surface area contributed by atoms with Crippen molar-refractivity contribution in [3.05, 3.63) is 42.6 Å². The number of methoxy groups -OCH3 is 1. The van der Waals surface area contributed by atoms with Crippen molar-refractivity contribution in [3.63, 3.8) is 0 Å². The zero-order valence-corrected chi connectivity index (χ0v) is 16.6. The van der Waals surface area contributed by atoms with Crippen LogP contribution >= 0.6 is 0 Å². The molecule has 0 N–H and O–H groups in total. The van der Waals surface area contributed by atoms with Gasteiger partial charge in [0, 0.05) is 44.4 Å². The zero-order valence-electron chi connectivity index (χ0n) is 16.6. The third kappa shape index (κ3) is 4.78. The number of ether oxygens (including phenoxy) is 1. The Kier molecular flexibility index (Phi) is 6.81. The molecule has 0 aliphatic carbocycles. The van der Waals surface area contributed by atoms with E-state index in [1.165, 1.54) is 7.11 Å². The van der Waals surface area contributed by atoms with Gasteiger partial charge in [-0.3, -0.25) is 14.5 Å². The molecule has 0 saturated carbocycles. The number of likely N-dealkylation sites (tertiary alicyclic amines) is 1. The summed E-state index contributed by atoms with van der Waals surface area (Å²) in [6, 6.07) is 11.9. The summed E-state index contributed by atoms with van der Waals surface area (Å²) in [5, 5.41) is 4.66. The molecule has 7 heteroatoms. The van der Waals surface area contributed by atoms with Crippen molar-refractivity contribution in [1.82, 2.24) is 14.7 Å². The molecule has 7 nitrogen and oxygen atoms in total. The molecule has 28 heavy (non-hydrogen) atoms. The predicted molar refractivity (Wildman–Crippen MR) is 107 cm³/mol. The summed E-state index contributed by atoms with van der Waals surface area (Å²) in [5.74, 6) is 0.603. The lowest BCUT2D eigenvalue weighted by molar-refractivity contribution is -0.141. The highest BCUT2D eigenvalue weighted by Crippen LogP contribution is 2.24. The highest BCUT2D eigenvalue weighted by Gasteiger charge is 2.30. The van der Waals surface area contributed by atoms with Gasteiger partial charge in [0.2, 0.25) is 5.91 Å². The SMILES string of the molecule is CCC(=O)N(c1ccn(-c2ccccc2)n1)C1CCN(CCC(=O)OC)CC1. The third-order valence-electron chi connectivity index (χ3n) is 5.20. The first kappa shape index (κ1) is 20.1. The van der Waals surface area contributed by atoms with Crippen LogP contribution in [0.3, 0.4) is 0 Å². The molecular weight excluding hydrogens is 356 g/mol. The van der Waals surface area contributed by atoms with Crippen molar-refractivity contribution in [2.75, 3.05) is 31.6 Å². The van der Waals surface area contributed by atoms with E-state index in [1.807, 2.05) is 54.4 Å². The molecule has 1 aliphatic rings. The van der Waals surface area contributed by atoms with Crippen LogP contribution in [0, 0.1) is 0 Å². The van der Waals surface area contributed by atoms with E-state index in [1.54, 1.807) is 4.68 Å². The Balaban J connectivity index is 1.68. The summed E-state index contributed by atoms with van der Waals surface area (Å²) >= 11 is 0. The number of hydrogen-bond acceptors (Lipinski definition) is 5. The molecule has 1 aliphatic heterocycles. The average Bonchev–Trinajstić information content (AvgIpc) is 3.23. The number of benzene rings is 1. The van der Waals surface area contributed by atoms with Crippen LogP contribution in [0.5, 0.6) is 0 Å². The normalized spacial score (nSPS) is 15.4. The first-order chi connectivity index (χ1) is 13.6. The average molecular weight is 384 g/mol. The number of esters is 1. The summed E-state index contributed by atoms with van der Waals surface area (Å²) in [6.07, 6.45) is 4.48. The Hall–Kier alpha value is -2.67. The largest absolute Gasteiger partial charge is 0.469 e. The van der Waals surface area contributed by atoms with Gasteiger partial charge in [0.05, 0.1) is 19.2 Å². The van der Waals surface area contributed by atoms with Crippen LogP contribution in [0.1, 0.15) is 32.6 Å². The maximum atomic E-state index is 12.7. The molecule has 1 aromatic carbocycles. The molecule has 2 heterocycles. The van der Waals surface area contributed by atoms with Crippen LogP contribution in [0.2, 0.25) is 0 Å². The third-order valence-corrected chi connectivity index (χ3v) is 5.20. The van der Waals surface area contributed by atoms with Gasteiger partial charge in [0.1, 0.15) is 0 Å². The molecule has 0 spiro atoms. The van der Waals surface area contributed by atoms with E-state index in [0.29, 0.717) is 25.2 Å². The number of nitrogens with zero attached hydrogens (tertiary/aromatic N) is 4. The number of hydrogen-bond donors (Lipinski definition) is 0. The quantitative estimate of drug-likeness (QED) is 0.687. The minimum Gasteiger partial charge on any atom is -0.469 e. The standard InChI is InChI=1S/C21H28N4O3/c1-3-20(26)25(18-9-13-23(14-10-18)15-12-21(27)28-2)19-11-16-24(22-19)17-7-5-4-6-8-17/h4-8,11,16,18H,3,9-10,12-15H2,1-2H3. The molecule has 1 amide bonds. The summed E-state index contributed by atoms with van der Waals surface area (Å²) < 4.78 is 6.52. The van der Waals surface area contributed by atoms with Crippen LogP contribution in [-0.2, 0) is 14.3 Å². The molecule has 1 fully saturated rings. The maximum Gasteiger partial charge on any atom is 0.306 e. The number of piperidine rings is 1. The minimum atomic E-state index is -0.184. The van der Waals surface area contributed by atoms with Gasteiger partial charge in [0.15, 0.2) is 5.82 Å². The summed E-state index contributed by atoms with van der Waals surface area (Å²) in [5.41, 5.74) is 0.968. The summed E-state index contributed by atoms with van der Waals surface area (Å²) in [4.78, 5) is 28.2. The fourth-order valence-electron chi connectivity index (χ4n) is 3.61. The monoisotopic (exact) mass is 384 g/mol. The minimum absolute atomic E-state index is 0.0892. The van der Waals surface area contributed by atoms with E-state index in [0.717, 1.165) is 31.6 Å². The van der Waals surface area contributed by atoms with Crippen LogP contribution in [0.4, 0.5) is 5.82 Å². The van der Waals surface area contributed by atoms with Crippen molar-refractivity contribution in [2.24, 2.45) is 0 Å². The van der Waals surface area contributed by atoms with E-state index in [-0.39, 0.29) is 17.9 Å². The lowest BCUT2D eigenvalue weighted by Gasteiger charge is -2.37. The van der Waals surface area contributed by atoms with Crippen LogP contribution in [0.15, 0.2) is 42.6 Å². The van der Waals surface area contributed by atoms with Crippen LogP contribution in [-0.4, -0.2) is 59.3 Å². The number of anilines is 1. The van der Waals surface area contributed by atoms with Crippen molar-refractivity contribution < 1.29 is 14.3 Å². The maximum absolute atomic E-state index is 12.7. The highest BCUT2D eigenvalue weighted by molar-refractivity contribution is 5.92. The Morgan fingerprint density at radius 2 is 1.89 bits per heavy atom. The topological polar surface area (TPSA) is 67.7 Å². The Morgan fingerprint density at radius 1 is 1.18 bits per heavy atom. The van der Waals surface area contributed by atoms with Gasteiger partial charge in [-0.05, 0) is 25.0 Å². The second kappa shape index (κ2) is 9.50. The lowest BCUT2D eigenvalue weighted by atomic mass is 10.0. The molecule has 2 aromatic rings. The highest BCUT2D eigenvalue weighted by atomic mass is 16.5. The molecular formula is C21H28N4O3. The summed E-state index contributed by atoms with van der Waals surface area (Å²) in [6.45, 7) is 4.29. The molecule has 0 bridgehead atoms. The van der Waals surface area contributed by atoms with Gasteiger partial charge in [-0.15, -0.1) is 5.10 Å². The van der Waals surface area contributed by atoms with Crippen molar-refractivity contribution >= 4 is 17.7 Å². The van der Waals surface area contributed by atoms with E-state index in [9.17, 15) is 9.59 Å². The van der Waals surface area contributed by atoms with Gasteiger partial charge >= 0.3 is 5.97 Å². The van der Waals surface area contributed by atoms with Gasteiger partial charge < -0.3 is 9.64 Å². The number of carbonyl (C=O) groups excluding carboxylic acids is 2. The number of aromatic nitrogens is 2. The molecule has 1 saturated heterocycles. The second-order valence-electron chi connectivity index (χ2n) is 6.97. The Labute approximate surface area is 165 Å². The number of amides is 1. The Bertz CT molecular complexity index is 782. The number of rotatable bonds is 7. The Morgan fingerprint density at radius 3 is 2.54 bits per heavy atom. The first-order valence-electron chi connectivity index (χ1n) is 9.84. The van der Waals surface area contributed by atoms with Crippen molar-refractivity contribution in [2.45, 2.75) is 38.6 Å². The van der Waals surface area contributed by atoms with Gasteiger partial charge in [-0.2, -0.15) is 0 Å². The molecule has 0 radical (unpaired) electrons. The summed E-state index contributed by atoms with van der Waals surface area (Å²) in [7, 11) is 1.41. The van der Waals surface area contributed by atoms with Crippen LogP contribution < -0.4 is 4.90 Å². The van der Waals surface area contributed by atoms with Gasteiger partial charge in [0.25, 0.3) is 0 Å². The van der Waals surface area contributed by atoms with Crippen molar-refractivity contribution in [3.8, 4) is 5.69 Å². The predicted octanol–water partition coefficient (Wildman–Crippen LogP) is 2.64. The molecule has 1 aromatic heterocycles. The zero-order chi connectivity index (χ0) is 19.9. The fraction of sp³-hybridized carbons (Fsp3) is 0.476. The van der Waals surface area contributed by atoms with Crippen LogP contribution in [0.25, 0.3) is 5.69 Å². The fourth-order valence-corrected chi connectivity index (χ4v) is 3.61. The molecule has 0 atom stereocenters. The smallest absolute Gasteiger partial charge is 0.306 e. The number of carbonyl (C=O) groups is 2. The van der Waals surface area contributed by atoms with Gasteiger partial charge in [-0.25, -0.2) is 4.68 Å². The lowest BCUT2D eigenvalue weighted by Crippen LogP contribution is -2.48. The second-order valence-corrected chi connectivity index (χ2v) is 6.97. The van der Waals surface area contributed by atoms with E-state index >= 15 is 0 Å². The first-order valence-corrected chi connectivity index (χ1v) is 9.84. The molecule has 150 valence electrons. The van der Waals surface area contributed by atoms with Gasteiger partial charge in [-0.1, -0.05) is 25.1 Å². The van der Waals surface area contributed by atoms with Crippen molar-refractivity contribution in [1.29, 1.82) is 0 Å².